The molecule has 1 aliphatic heterocycles. The second-order valence-electron chi connectivity index (χ2n) is 3.87. The summed E-state index contributed by atoms with van der Waals surface area (Å²) in [5, 5.41) is 1.10. The van der Waals surface area contributed by atoms with Crippen LogP contribution in [0.1, 0.15) is 32.6 Å². The molecule has 0 aromatic carbocycles. The molecule has 1 saturated heterocycles. The number of piperidine rings is 1. The Morgan fingerprint density at radius 3 is 2.81 bits per heavy atom. The number of rotatable bonds is 5. The Hall–Kier alpha value is -0.420. The van der Waals surface area contributed by atoms with E-state index in [1.54, 1.807) is 0 Å². The minimum atomic E-state index is -4.34. The van der Waals surface area contributed by atoms with E-state index >= 15 is 0 Å². The molecule has 0 spiro atoms. The van der Waals surface area contributed by atoms with Crippen LogP contribution in [0.4, 0.5) is 0 Å². The van der Waals surface area contributed by atoms with Crippen LogP contribution >= 0.6 is 7.60 Å². The number of carbonyl (C=O) groups is 1. The first-order valence-electron chi connectivity index (χ1n) is 5.46. The van der Waals surface area contributed by atoms with Crippen LogP contribution < -0.4 is 0 Å². The highest BCUT2D eigenvalue weighted by Gasteiger charge is 2.41. The lowest BCUT2D eigenvalue weighted by molar-refractivity contribution is -0.191. The maximum absolute atomic E-state index is 11.7. The van der Waals surface area contributed by atoms with Crippen molar-refractivity contribution >= 4 is 13.5 Å². The highest BCUT2D eigenvalue weighted by atomic mass is 31.2. The summed E-state index contributed by atoms with van der Waals surface area (Å²) >= 11 is 0. The number of hydrogen-bond donors (Lipinski definition) is 2. The van der Waals surface area contributed by atoms with E-state index in [2.05, 4.69) is 0 Å². The standard InChI is InChI=1S/C9H18NO5P/c1-2-3-7-15-10-6-4-5-8(9(10)11)16(12,13)14/h8H,2-7H2,1H3,(H2,12,13,14). The van der Waals surface area contributed by atoms with Crippen LogP contribution in [0.25, 0.3) is 0 Å². The highest BCUT2D eigenvalue weighted by Crippen LogP contribution is 2.45. The van der Waals surface area contributed by atoms with Crippen molar-refractivity contribution in [1.29, 1.82) is 0 Å². The van der Waals surface area contributed by atoms with Gasteiger partial charge in [0.05, 0.1) is 6.61 Å². The average molecular weight is 251 g/mol. The van der Waals surface area contributed by atoms with Crippen molar-refractivity contribution in [1.82, 2.24) is 5.06 Å². The molecule has 94 valence electrons. The van der Waals surface area contributed by atoms with Crippen molar-refractivity contribution < 1.29 is 24.0 Å². The van der Waals surface area contributed by atoms with Crippen LogP contribution in [0.3, 0.4) is 0 Å². The molecule has 1 unspecified atom stereocenters. The van der Waals surface area contributed by atoms with Gasteiger partial charge in [0.25, 0.3) is 5.91 Å². The third-order valence-electron chi connectivity index (χ3n) is 2.52. The van der Waals surface area contributed by atoms with Gasteiger partial charge < -0.3 is 9.79 Å². The molecule has 0 saturated carbocycles. The lowest BCUT2D eigenvalue weighted by Gasteiger charge is -2.31. The Labute approximate surface area is 94.7 Å². The monoisotopic (exact) mass is 251 g/mol. The Morgan fingerprint density at radius 1 is 1.56 bits per heavy atom. The van der Waals surface area contributed by atoms with Gasteiger partial charge in [-0.05, 0) is 19.3 Å². The van der Waals surface area contributed by atoms with Gasteiger partial charge in [-0.3, -0.25) is 14.2 Å². The molecule has 1 amide bonds. The summed E-state index contributed by atoms with van der Waals surface area (Å²) in [4.78, 5) is 34.9. The summed E-state index contributed by atoms with van der Waals surface area (Å²) in [6, 6.07) is 0. The largest absolute Gasteiger partial charge is 0.338 e. The van der Waals surface area contributed by atoms with Gasteiger partial charge >= 0.3 is 7.60 Å². The van der Waals surface area contributed by atoms with Crippen LogP contribution in [0.5, 0.6) is 0 Å². The molecule has 2 N–H and O–H groups in total. The van der Waals surface area contributed by atoms with Gasteiger partial charge in [-0.1, -0.05) is 13.3 Å². The van der Waals surface area contributed by atoms with Crippen LogP contribution in [0, 0.1) is 0 Å². The molecule has 0 aliphatic carbocycles. The molecule has 6 nitrogen and oxygen atoms in total. The molecule has 0 radical (unpaired) electrons. The molecule has 7 heteroatoms. The van der Waals surface area contributed by atoms with E-state index in [0.717, 1.165) is 17.9 Å². The fraction of sp³-hybridized carbons (Fsp3) is 0.889. The predicted octanol–water partition coefficient (Wildman–Crippen LogP) is 0.887. The van der Waals surface area contributed by atoms with E-state index in [1.165, 1.54) is 0 Å². The van der Waals surface area contributed by atoms with E-state index in [1.807, 2.05) is 6.92 Å². The summed E-state index contributed by atoms with van der Waals surface area (Å²) in [7, 11) is -4.34. The molecule has 0 aromatic rings. The number of carbonyl (C=O) groups excluding carboxylic acids is 1. The molecular weight excluding hydrogens is 233 g/mol. The Morgan fingerprint density at radius 2 is 2.25 bits per heavy atom. The number of hydroxylamine groups is 2. The predicted molar refractivity (Wildman–Crippen MR) is 57.6 cm³/mol. The van der Waals surface area contributed by atoms with Crippen LogP contribution in [-0.2, 0) is 14.2 Å². The third-order valence-corrected chi connectivity index (χ3v) is 3.81. The van der Waals surface area contributed by atoms with Crippen molar-refractivity contribution in [3.63, 3.8) is 0 Å². The topological polar surface area (TPSA) is 87.1 Å². The van der Waals surface area contributed by atoms with E-state index in [9.17, 15) is 9.36 Å². The van der Waals surface area contributed by atoms with Crippen LogP contribution in [0.15, 0.2) is 0 Å². The quantitative estimate of drug-likeness (QED) is 0.559. The van der Waals surface area contributed by atoms with Crippen molar-refractivity contribution in [2.24, 2.45) is 0 Å². The molecule has 1 aliphatic rings. The van der Waals surface area contributed by atoms with E-state index in [4.69, 9.17) is 14.6 Å². The number of nitrogens with zero attached hydrogens (tertiary/aromatic N) is 1. The van der Waals surface area contributed by atoms with Gasteiger partial charge in [-0.2, -0.15) is 0 Å². The fourth-order valence-electron chi connectivity index (χ4n) is 1.59. The van der Waals surface area contributed by atoms with Crippen molar-refractivity contribution in [2.45, 2.75) is 38.3 Å². The third kappa shape index (κ3) is 3.56. The molecule has 1 fully saturated rings. The molecule has 0 bridgehead atoms. The highest BCUT2D eigenvalue weighted by molar-refractivity contribution is 7.53. The van der Waals surface area contributed by atoms with Crippen LogP contribution in [0.2, 0.25) is 0 Å². The minimum absolute atomic E-state index is 0.233. The molecule has 1 heterocycles. The van der Waals surface area contributed by atoms with Crippen molar-refractivity contribution in [3.8, 4) is 0 Å². The Bertz CT molecular complexity index is 290. The lowest BCUT2D eigenvalue weighted by Crippen LogP contribution is -2.44. The molecule has 0 aromatic heterocycles. The zero-order chi connectivity index (χ0) is 12.2. The van der Waals surface area contributed by atoms with E-state index in [0.29, 0.717) is 19.6 Å². The molecule has 1 rings (SSSR count). The van der Waals surface area contributed by atoms with Crippen molar-refractivity contribution in [2.75, 3.05) is 13.2 Å². The SMILES string of the molecule is CCCCON1CCCC(P(=O)(O)O)C1=O. The maximum atomic E-state index is 11.7. The summed E-state index contributed by atoms with van der Waals surface area (Å²) in [6.07, 6.45) is 2.57. The summed E-state index contributed by atoms with van der Waals surface area (Å²) in [5.74, 6) is -0.587. The first-order chi connectivity index (χ1) is 7.46. The number of hydrogen-bond acceptors (Lipinski definition) is 3. The van der Waals surface area contributed by atoms with Gasteiger partial charge in [-0.25, -0.2) is 5.06 Å². The molecule has 1 atom stereocenters. The smallest absolute Gasteiger partial charge is 0.324 e. The number of unbranched alkanes of at least 4 members (excludes halogenated alkanes) is 1. The average Bonchev–Trinajstić information content (AvgIpc) is 2.19. The Kier molecular flexibility index (Phi) is 4.92. The molecular formula is C9H18NO5P. The normalized spacial score (nSPS) is 22.6. The van der Waals surface area contributed by atoms with Gasteiger partial charge in [0.1, 0.15) is 5.66 Å². The fourth-order valence-corrected chi connectivity index (χ4v) is 2.52. The van der Waals surface area contributed by atoms with Crippen molar-refractivity contribution in [3.05, 3.63) is 0 Å². The van der Waals surface area contributed by atoms with Gasteiger partial charge in [0.15, 0.2) is 0 Å². The summed E-state index contributed by atoms with van der Waals surface area (Å²) in [5.41, 5.74) is -1.22. The second kappa shape index (κ2) is 5.77. The number of amides is 1. The lowest BCUT2D eigenvalue weighted by atomic mass is 10.1. The zero-order valence-electron chi connectivity index (χ0n) is 9.33. The van der Waals surface area contributed by atoms with E-state index in [-0.39, 0.29) is 6.42 Å². The van der Waals surface area contributed by atoms with Crippen LogP contribution in [-0.4, -0.2) is 39.6 Å². The van der Waals surface area contributed by atoms with Gasteiger partial charge in [-0.15, -0.1) is 0 Å². The second-order valence-corrected chi connectivity index (χ2v) is 5.68. The summed E-state index contributed by atoms with van der Waals surface area (Å²) in [6.45, 7) is 2.83. The molecule has 16 heavy (non-hydrogen) atoms. The first kappa shape index (κ1) is 13.6. The minimum Gasteiger partial charge on any atom is -0.324 e. The maximum Gasteiger partial charge on any atom is 0.338 e. The first-order valence-corrected chi connectivity index (χ1v) is 7.14. The van der Waals surface area contributed by atoms with Gasteiger partial charge in [0, 0.05) is 6.54 Å². The van der Waals surface area contributed by atoms with Gasteiger partial charge in [0.2, 0.25) is 0 Å². The van der Waals surface area contributed by atoms with E-state index < -0.39 is 19.2 Å². The Balaban J connectivity index is 2.54. The summed E-state index contributed by atoms with van der Waals surface area (Å²) < 4.78 is 11.1. The zero-order valence-corrected chi connectivity index (χ0v) is 10.2.